The molecular weight excluding hydrogens is 456 g/mol. The zero-order chi connectivity index (χ0) is 21.5. The van der Waals surface area contributed by atoms with Crippen molar-refractivity contribution >= 4 is 44.8 Å². The minimum Gasteiger partial charge on any atom is -0.497 e. The summed E-state index contributed by atoms with van der Waals surface area (Å²) in [5.74, 6) is 2.39. The number of benzene rings is 2. The van der Waals surface area contributed by atoms with Crippen LogP contribution in [0, 0.1) is 0 Å². The average Bonchev–Trinajstić information content (AvgIpc) is 2.81. The highest BCUT2D eigenvalue weighted by atomic mass is 79.9. The molecule has 0 amide bonds. The Morgan fingerprint density at radius 3 is 2.68 bits per heavy atom. The van der Waals surface area contributed by atoms with Gasteiger partial charge >= 0.3 is 0 Å². The molecule has 0 bridgehead atoms. The monoisotopic (exact) mass is 482 g/mol. The summed E-state index contributed by atoms with van der Waals surface area (Å²) in [4.78, 5) is 12.0. The van der Waals surface area contributed by atoms with Gasteiger partial charge in [-0.25, -0.2) is 9.97 Å². The molecule has 3 aromatic rings. The van der Waals surface area contributed by atoms with Crippen LogP contribution < -0.4 is 10.1 Å². The fourth-order valence-electron chi connectivity index (χ4n) is 3.55. The summed E-state index contributed by atoms with van der Waals surface area (Å²) in [5.41, 5.74) is 1.99. The Bertz CT molecular complexity index is 1030. The Kier molecular flexibility index (Phi) is 7.51. The molecule has 1 aliphatic rings. The SMILES string of the molecule is COc1ccc(/C=C/c2nc(NCCCN3CCOCC3)c3cc(Br)ccc3n2)cc1. The van der Waals surface area contributed by atoms with Crippen molar-refractivity contribution < 1.29 is 9.47 Å². The molecule has 1 saturated heterocycles. The second-order valence-electron chi connectivity index (χ2n) is 7.43. The maximum Gasteiger partial charge on any atom is 0.154 e. The Hall–Kier alpha value is -2.48. The van der Waals surface area contributed by atoms with Crippen LogP contribution in [0.2, 0.25) is 0 Å². The van der Waals surface area contributed by atoms with E-state index in [9.17, 15) is 0 Å². The molecule has 162 valence electrons. The fraction of sp³-hybridized carbons (Fsp3) is 0.333. The number of nitrogens with zero attached hydrogens (tertiary/aromatic N) is 3. The second-order valence-corrected chi connectivity index (χ2v) is 8.35. The van der Waals surface area contributed by atoms with Crippen LogP contribution >= 0.6 is 15.9 Å². The first-order chi connectivity index (χ1) is 15.2. The number of morpholine rings is 1. The van der Waals surface area contributed by atoms with Crippen molar-refractivity contribution in [3.63, 3.8) is 0 Å². The third-order valence-electron chi connectivity index (χ3n) is 5.26. The quantitative estimate of drug-likeness (QED) is 0.469. The Labute approximate surface area is 191 Å². The number of anilines is 1. The molecule has 7 heteroatoms. The van der Waals surface area contributed by atoms with Gasteiger partial charge < -0.3 is 14.8 Å². The highest BCUT2D eigenvalue weighted by Crippen LogP contribution is 2.25. The van der Waals surface area contributed by atoms with E-state index in [-0.39, 0.29) is 0 Å². The van der Waals surface area contributed by atoms with Gasteiger partial charge in [0, 0.05) is 29.5 Å². The van der Waals surface area contributed by atoms with E-state index in [2.05, 4.69) is 32.2 Å². The molecule has 31 heavy (non-hydrogen) atoms. The van der Waals surface area contributed by atoms with Crippen molar-refractivity contribution in [2.24, 2.45) is 0 Å². The highest BCUT2D eigenvalue weighted by Gasteiger charge is 2.10. The van der Waals surface area contributed by atoms with Crippen LogP contribution in [0.5, 0.6) is 5.75 Å². The minimum absolute atomic E-state index is 0.682. The van der Waals surface area contributed by atoms with Gasteiger partial charge in [-0.3, -0.25) is 4.90 Å². The van der Waals surface area contributed by atoms with E-state index >= 15 is 0 Å². The zero-order valence-corrected chi connectivity index (χ0v) is 19.3. The van der Waals surface area contributed by atoms with Crippen molar-refractivity contribution in [2.45, 2.75) is 6.42 Å². The van der Waals surface area contributed by atoms with E-state index in [1.165, 1.54) is 0 Å². The van der Waals surface area contributed by atoms with Crippen molar-refractivity contribution in [1.82, 2.24) is 14.9 Å². The predicted molar refractivity (Wildman–Crippen MR) is 130 cm³/mol. The van der Waals surface area contributed by atoms with E-state index < -0.39 is 0 Å². The van der Waals surface area contributed by atoms with Gasteiger partial charge in [0.2, 0.25) is 0 Å². The van der Waals surface area contributed by atoms with Gasteiger partial charge in [0.25, 0.3) is 0 Å². The lowest BCUT2D eigenvalue weighted by Gasteiger charge is -2.26. The molecule has 0 atom stereocenters. The van der Waals surface area contributed by atoms with Crippen LogP contribution in [0.1, 0.15) is 17.8 Å². The first-order valence-electron chi connectivity index (χ1n) is 10.5. The molecule has 0 saturated carbocycles. The minimum atomic E-state index is 0.682. The molecule has 0 unspecified atom stereocenters. The summed E-state index contributed by atoms with van der Waals surface area (Å²) >= 11 is 3.57. The number of ether oxygens (including phenoxy) is 2. The van der Waals surface area contributed by atoms with Crippen LogP contribution in [0.4, 0.5) is 5.82 Å². The summed E-state index contributed by atoms with van der Waals surface area (Å²) in [7, 11) is 1.67. The fourth-order valence-corrected chi connectivity index (χ4v) is 3.91. The number of aromatic nitrogens is 2. The number of nitrogens with one attached hydrogen (secondary N) is 1. The third-order valence-corrected chi connectivity index (χ3v) is 5.76. The van der Waals surface area contributed by atoms with E-state index in [4.69, 9.17) is 19.4 Å². The van der Waals surface area contributed by atoms with Crippen molar-refractivity contribution in [2.75, 3.05) is 51.8 Å². The van der Waals surface area contributed by atoms with E-state index in [0.717, 1.165) is 78.3 Å². The van der Waals surface area contributed by atoms with E-state index in [1.54, 1.807) is 7.11 Å². The largest absolute Gasteiger partial charge is 0.497 e. The van der Waals surface area contributed by atoms with Gasteiger partial charge in [-0.05, 0) is 54.9 Å². The zero-order valence-electron chi connectivity index (χ0n) is 17.7. The summed E-state index contributed by atoms with van der Waals surface area (Å²) < 4.78 is 11.7. The molecule has 0 radical (unpaired) electrons. The summed E-state index contributed by atoms with van der Waals surface area (Å²) in [6.07, 6.45) is 5.01. The third kappa shape index (κ3) is 6.03. The molecule has 1 N–H and O–H groups in total. The van der Waals surface area contributed by atoms with Crippen LogP contribution in [-0.4, -0.2) is 61.4 Å². The molecule has 1 aliphatic heterocycles. The van der Waals surface area contributed by atoms with Gasteiger partial charge in [-0.2, -0.15) is 0 Å². The first-order valence-corrected chi connectivity index (χ1v) is 11.3. The van der Waals surface area contributed by atoms with Gasteiger partial charge in [0.15, 0.2) is 5.82 Å². The number of fused-ring (bicyclic) bond motifs is 1. The van der Waals surface area contributed by atoms with E-state index in [1.807, 2.05) is 48.6 Å². The number of methoxy groups -OCH3 is 1. The molecule has 0 spiro atoms. The first kappa shape index (κ1) is 21.7. The molecule has 1 aromatic heterocycles. The molecule has 2 aromatic carbocycles. The summed E-state index contributed by atoms with van der Waals surface area (Å²) in [6.45, 7) is 5.63. The van der Waals surface area contributed by atoms with Gasteiger partial charge in [0.1, 0.15) is 11.6 Å². The topological polar surface area (TPSA) is 59.5 Å². The van der Waals surface area contributed by atoms with Crippen molar-refractivity contribution in [1.29, 1.82) is 0 Å². The molecule has 4 rings (SSSR count). The normalized spacial score (nSPS) is 14.9. The standard InChI is InChI=1S/C24H27BrN4O2/c1-30-20-7-3-18(4-8-20)5-10-23-27-22-9-6-19(25)17-21(22)24(28-23)26-11-2-12-29-13-15-31-16-14-29/h3-10,17H,2,11-16H2,1H3,(H,26,27,28)/b10-5+. The summed E-state index contributed by atoms with van der Waals surface area (Å²) in [6, 6.07) is 14.0. The van der Waals surface area contributed by atoms with Gasteiger partial charge in [-0.15, -0.1) is 0 Å². The molecular formula is C24H27BrN4O2. The van der Waals surface area contributed by atoms with E-state index in [0.29, 0.717) is 5.82 Å². The van der Waals surface area contributed by atoms with Crippen molar-refractivity contribution in [3.8, 4) is 5.75 Å². The smallest absolute Gasteiger partial charge is 0.154 e. The second kappa shape index (κ2) is 10.7. The van der Waals surface area contributed by atoms with Gasteiger partial charge in [0.05, 0.1) is 25.8 Å². The Morgan fingerprint density at radius 2 is 1.90 bits per heavy atom. The number of hydrogen-bond donors (Lipinski definition) is 1. The highest BCUT2D eigenvalue weighted by molar-refractivity contribution is 9.10. The molecule has 1 fully saturated rings. The molecule has 2 heterocycles. The Morgan fingerprint density at radius 1 is 1.10 bits per heavy atom. The summed E-state index contributed by atoms with van der Waals surface area (Å²) in [5, 5.41) is 4.54. The van der Waals surface area contributed by atoms with Crippen molar-refractivity contribution in [3.05, 3.63) is 58.3 Å². The Balaban J connectivity index is 1.48. The maximum atomic E-state index is 5.42. The lowest BCUT2D eigenvalue weighted by Crippen LogP contribution is -2.37. The van der Waals surface area contributed by atoms with Crippen LogP contribution in [0.15, 0.2) is 46.9 Å². The lowest BCUT2D eigenvalue weighted by molar-refractivity contribution is 0.0378. The molecule has 0 aliphatic carbocycles. The number of rotatable bonds is 8. The van der Waals surface area contributed by atoms with Crippen LogP contribution in [0.3, 0.4) is 0 Å². The van der Waals surface area contributed by atoms with Crippen LogP contribution in [0.25, 0.3) is 23.1 Å². The maximum absolute atomic E-state index is 5.42. The molecule has 6 nitrogen and oxygen atoms in total. The number of hydrogen-bond acceptors (Lipinski definition) is 6. The van der Waals surface area contributed by atoms with Gasteiger partial charge in [-0.1, -0.05) is 34.1 Å². The average molecular weight is 483 g/mol. The lowest BCUT2D eigenvalue weighted by atomic mass is 10.2. The number of halogens is 1. The van der Waals surface area contributed by atoms with Crippen LogP contribution in [-0.2, 0) is 4.74 Å². The predicted octanol–water partition coefficient (Wildman–Crippen LogP) is 4.71.